The summed E-state index contributed by atoms with van der Waals surface area (Å²) in [6, 6.07) is 0. The van der Waals surface area contributed by atoms with Gasteiger partial charge in [0, 0.05) is 9.52 Å². The third kappa shape index (κ3) is 2.42. The Morgan fingerprint density at radius 1 is 1.83 bits per heavy atom. The molecule has 0 aromatic rings. The van der Waals surface area contributed by atoms with E-state index in [1.54, 1.807) is 0 Å². The molecule has 0 bridgehead atoms. The van der Waals surface area contributed by atoms with E-state index in [0.717, 1.165) is 12.1 Å². The van der Waals surface area contributed by atoms with E-state index in [-0.39, 0.29) is 9.52 Å². The lowest BCUT2D eigenvalue weighted by Gasteiger charge is -1.98. The molecule has 2 N–H and O–H groups in total. The standard InChI is InChI=1S/C4H13NSi/c1-4(3-5)6-2/h4H,3,5-6H2,1-2H3. The van der Waals surface area contributed by atoms with Crippen molar-refractivity contribution < 1.29 is 0 Å². The predicted molar refractivity (Wildman–Crippen MR) is 32.9 cm³/mol. The maximum Gasteiger partial charge on any atom is 0.0213 e. The Labute approximate surface area is 41.7 Å². The molecule has 0 aromatic heterocycles. The lowest BCUT2D eigenvalue weighted by atomic mass is 10.5. The summed E-state index contributed by atoms with van der Waals surface area (Å²) in [6.45, 7) is 5.40. The van der Waals surface area contributed by atoms with Gasteiger partial charge in [-0.2, -0.15) is 0 Å². The zero-order chi connectivity index (χ0) is 4.99. The molecule has 6 heavy (non-hydrogen) atoms. The quantitative estimate of drug-likeness (QED) is 0.488. The average Bonchev–Trinajstić information content (AvgIpc) is 1.65. The van der Waals surface area contributed by atoms with Crippen LogP contribution in [-0.2, 0) is 0 Å². The van der Waals surface area contributed by atoms with Gasteiger partial charge in [0.25, 0.3) is 0 Å². The fraction of sp³-hybridized carbons (Fsp3) is 1.00. The van der Waals surface area contributed by atoms with Crippen LogP contribution in [0, 0.1) is 0 Å². The Morgan fingerprint density at radius 3 is 2.33 bits per heavy atom. The minimum absolute atomic E-state index is 0.213. The monoisotopic (exact) mass is 103 g/mol. The largest absolute Gasteiger partial charge is 0.331 e. The van der Waals surface area contributed by atoms with E-state index in [1.165, 1.54) is 0 Å². The molecule has 0 aromatic carbocycles. The average molecular weight is 103 g/mol. The Kier molecular flexibility index (Phi) is 3.47. The van der Waals surface area contributed by atoms with Crippen molar-refractivity contribution in [3.8, 4) is 0 Å². The van der Waals surface area contributed by atoms with Crippen LogP contribution in [-0.4, -0.2) is 16.1 Å². The van der Waals surface area contributed by atoms with Crippen molar-refractivity contribution in [3.63, 3.8) is 0 Å². The van der Waals surface area contributed by atoms with Crippen molar-refractivity contribution in [3.05, 3.63) is 0 Å². The molecule has 0 rings (SSSR count). The van der Waals surface area contributed by atoms with Crippen LogP contribution in [0.2, 0.25) is 12.1 Å². The van der Waals surface area contributed by atoms with Gasteiger partial charge in [-0.25, -0.2) is 0 Å². The molecule has 0 fully saturated rings. The molecule has 1 nitrogen and oxygen atoms in total. The van der Waals surface area contributed by atoms with Crippen LogP contribution in [0.15, 0.2) is 0 Å². The van der Waals surface area contributed by atoms with Crippen molar-refractivity contribution in [1.29, 1.82) is 0 Å². The summed E-state index contributed by atoms with van der Waals surface area (Å²) < 4.78 is 0. The van der Waals surface area contributed by atoms with E-state index < -0.39 is 0 Å². The van der Waals surface area contributed by atoms with Gasteiger partial charge in [-0.3, -0.25) is 0 Å². The van der Waals surface area contributed by atoms with Gasteiger partial charge in [0.15, 0.2) is 0 Å². The van der Waals surface area contributed by atoms with Gasteiger partial charge in [0.05, 0.1) is 0 Å². The molecule has 2 heteroatoms. The second-order valence-electron chi connectivity index (χ2n) is 1.75. The van der Waals surface area contributed by atoms with Gasteiger partial charge in [-0.05, 0) is 12.1 Å². The van der Waals surface area contributed by atoms with Crippen molar-refractivity contribution in [2.45, 2.75) is 19.0 Å². The lowest BCUT2D eigenvalue weighted by molar-refractivity contribution is 0.916. The van der Waals surface area contributed by atoms with Crippen LogP contribution >= 0.6 is 0 Å². The minimum Gasteiger partial charge on any atom is -0.331 e. The van der Waals surface area contributed by atoms with Gasteiger partial charge in [0.1, 0.15) is 0 Å². The summed E-state index contributed by atoms with van der Waals surface area (Å²) in [6.07, 6.45) is 0. The molecule has 0 radical (unpaired) electrons. The lowest BCUT2D eigenvalue weighted by Crippen LogP contribution is -2.08. The first-order valence-electron chi connectivity index (χ1n) is 2.51. The molecule has 0 saturated heterocycles. The molecule has 0 aliphatic heterocycles. The Bertz CT molecular complexity index is 26.7. The smallest absolute Gasteiger partial charge is 0.0213 e. The number of nitrogens with two attached hydrogens (primary N) is 1. The SMILES string of the molecule is C[SiH2]C(C)CN. The highest BCUT2D eigenvalue weighted by Gasteiger charge is 1.89. The van der Waals surface area contributed by atoms with Crippen molar-refractivity contribution >= 4 is 9.52 Å². The second kappa shape index (κ2) is 3.37. The van der Waals surface area contributed by atoms with E-state index in [2.05, 4.69) is 13.5 Å². The van der Waals surface area contributed by atoms with E-state index in [4.69, 9.17) is 5.73 Å². The van der Waals surface area contributed by atoms with Gasteiger partial charge < -0.3 is 5.73 Å². The van der Waals surface area contributed by atoms with Crippen molar-refractivity contribution in [2.75, 3.05) is 6.54 Å². The molecule has 0 heterocycles. The molecule has 0 aliphatic rings. The van der Waals surface area contributed by atoms with Crippen LogP contribution in [0.3, 0.4) is 0 Å². The Balaban J connectivity index is 2.75. The summed E-state index contributed by atoms with van der Waals surface area (Å²) in [5.74, 6) is 0. The van der Waals surface area contributed by atoms with Gasteiger partial charge in [0.2, 0.25) is 0 Å². The fourth-order valence-electron chi connectivity index (χ4n) is 0.167. The molecule has 0 spiro atoms. The van der Waals surface area contributed by atoms with Gasteiger partial charge in [-0.15, -0.1) is 0 Å². The van der Waals surface area contributed by atoms with E-state index >= 15 is 0 Å². The maximum atomic E-state index is 5.32. The van der Waals surface area contributed by atoms with Crippen LogP contribution in [0.1, 0.15) is 6.92 Å². The molecular formula is C4H13NSi. The summed E-state index contributed by atoms with van der Waals surface area (Å²) in [5, 5.41) is 0. The molecule has 1 atom stereocenters. The Morgan fingerprint density at radius 2 is 2.33 bits per heavy atom. The van der Waals surface area contributed by atoms with E-state index in [1.807, 2.05) is 0 Å². The topological polar surface area (TPSA) is 26.0 Å². The second-order valence-corrected chi connectivity index (χ2v) is 3.96. The molecule has 0 aliphatic carbocycles. The van der Waals surface area contributed by atoms with Crippen LogP contribution in [0.4, 0.5) is 0 Å². The zero-order valence-corrected chi connectivity index (χ0v) is 5.98. The molecule has 0 amide bonds. The molecule has 1 unspecified atom stereocenters. The third-order valence-electron chi connectivity index (χ3n) is 1.10. The maximum absolute atomic E-state index is 5.32. The zero-order valence-electron chi connectivity index (χ0n) is 4.57. The molecule has 0 saturated carbocycles. The fourth-order valence-corrected chi connectivity index (χ4v) is 0.500. The Hall–Kier alpha value is 0.177. The van der Waals surface area contributed by atoms with Crippen LogP contribution in [0.5, 0.6) is 0 Å². The van der Waals surface area contributed by atoms with Crippen molar-refractivity contribution in [1.82, 2.24) is 0 Å². The highest BCUT2D eigenvalue weighted by molar-refractivity contribution is 6.35. The minimum atomic E-state index is 0.213. The van der Waals surface area contributed by atoms with Gasteiger partial charge >= 0.3 is 0 Å². The van der Waals surface area contributed by atoms with E-state index in [9.17, 15) is 0 Å². The number of rotatable bonds is 2. The molecular weight excluding hydrogens is 90.1 g/mol. The van der Waals surface area contributed by atoms with E-state index in [0.29, 0.717) is 0 Å². The molecule has 38 valence electrons. The predicted octanol–water partition coefficient (Wildman–Crippen LogP) is -0.0296. The summed E-state index contributed by atoms with van der Waals surface area (Å²) in [7, 11) is 0.213. The van der Waals surface area contributed by atoms with Crippen LogP contribution < -0.4 is 5.73 Å². The first kappa shape index (κ1) is 6.18. The third-order valence-corrected chi connectivity index (χ3v) is 2.83. The summed E-state index contributed by atoms with van der Waals surface area (Å²) in [5.41, 5.74) is 6.17. The summed E-state index contributed by atoms with van der Waals surface area (Å²) in [4.78, 5) is 0. The first-order chi connectivity index (χ1) is 2.81. The van der Waals surface area contributed by atoms with Gasteiger partial charge in [-0.1, -0.05) is 13.5 Å². The highest BCUT2D eigenvalue weighted by atomic mass is 28.2. The number of hydrogen-bond acceptors (Lipinski definition) is 1. The number of hydrogen-bond donors (Lipinski definition) is 1. The van der Waals surface area contributed by atoms with Crippen molar-refractivity contribution in [2.24, 2.45) is 5.73 Å². The normalized spacial score (nSPS) is 16.5. The summed E-state index contributed by atoms with van der Waals surface area (Å²) >= 11 is 0. The first-order valence-corrected chi connectivity index (χ1v) is 4.74. The van der Waals surface area contributed by atoms with Crippen LogP contribution in [0.25, 0.3) is 0 Å². The highest BCUT2D eigenvalue weighted by Crippen LogP contribution is 1.92.